The van der Waals surface area contributed by atoms with Crippen molar-refractivity contribution in [2.24, 2.45) is 0 Å². The van der Waals surface area contributed by atoms with Crippen LogP contribution in [0.5, 0.6) is 0 Å². The molecule has 0 radical (unpaired) electrons. The fourth-order valence-electron chi connectivity index (χ4n) is 2.68. The third-order valence-electron chi connectivity index (χ3n) is 4.05. The normalized spacial score (nSPS) is 11.2. The number of hydrogen-bond acceptors (Lipinski definition) is 4. The highest BCUT2D eigenvalue weighted by atomic mass is 35.5. The summed E-state index contributed by atoms with van der Waals surface area (Å²) in [6.45, 7) is 6.25. The smallest absolute Gasteiger partial charge is 0.274 e. The number of carbonyl (C=O) groups excluding carboxylic acids is 1. The summed E-state index contributed by atoms with van der Waals surface area (Å²) in [5.41, 5.74) is 2.36. The van der Waals surface area contributed by atoms with Crippen LogP contribution < -0.4 is 10.6 Å². The average Bonchev–Trinajstić information content (AvgIpc) is 2.64. The van der Waals surface area contributed by atoms with Gasteiger partial charge in [-0.3, -0.25) is 4.79 Å². The predicted molar refractivity (Wildman–Crippen MR) is 110 cm³/mol. The number of anilines is 3. The van der Waals surface area contributed by atoms with Crippen LogP contribution in [-0.4, -0.2) is 15.9 Å². The standard InChI is InChI=1S/C21H20ClFN4O/c1-21(2,3)14-6-4-5-7-17(14)26-19(28)18-10-11-24-20(27-18)25-13-8-9-16(23)15(22)12-13/h4-12H,1-3H3,(H,26,28)(H,24,25,27). The summed E-state index contributed by atoms with van der Waals surface area (Å²) in [7, 11) is 0. The Morgan fingerprint density at radius 2 is 1.86 bits per heavy atom. The van der Waals surface area contributed by atoms with Gasteiger partial charge in [-0.1, -0.05) is 50.6 Å². The average molecular weight is 399 g/mol. The summed E-state index contributed by atoms with van der Waals surface area (Å²) in [4.78, 5) is 21.0. The molecule has 28 heavy (non-hydrogen) atoms. The fourth-order valence-corrected chi connectivity index (χ4v) is 2.86. The second-order valence-corrected chi connectivity index (χ2v) is 7.68. The molecule has 1 heterocycles. The first-order valence-corrected chi connectivity index (χ1v) is 9.08. The monoisotopic (exact) mass is 398 g/mol. The number of amides is 1. The number of para-hydroxylation sites is 1. The lowest BCUT2D eigenvalue weighted by atomic mass is 9.86. The molecule has 0 saturated heterocycles. The molecule has 3 aromatic rings. The molecule has 0 aliphatic rings. The van der Waals surface area contributed by atoms with Crippen molar-refractivity contribution in [3.8, 4) is 0 Å². The second-order valence-electron chi connectivity index (χ2n) is 7.27. The molecule has 5 nitrogen and oxygen atoms in total. The van der Waals surface area contributed by atoms with Crippen molar-refractivity contribution in [2.75, 3.05) is 10.6 Å². The van der Waals surface area contributed by atoms with E-state index in [-0.39, 0.29) is 28.0 Å². The van der Waals surface area contributed by atoms with E-state index >= 15 is 0 Å². The van der Waals surface area contributed by atoms with Crippen molar-refractivity contribution >= 4 is 34.8 Å². The number of rotatable bonds is 4. The van der Waals surface area contributed by atoms with E-state index in [1.807, 2.05) is 24.3 Å². The minimum Gasteiger partial charge on any atom is -0.324 e. The lowest BCUT2D eigenvalue weighted by Gasteiger charge is -2.22. The van der Waals surface area contributed by atoms with Crippen LogP contribution in [0.1, 0.15) is 36.8 Å². The van der Waals surface area contributed by atoms with E-state index in [0.717, 1.165) is 11.3 Å². The van der Waals surface area contributed by atoms with Gasteiger partial charge in [-0.2, -0.15) is 0 Å². The van der Waals surface area contributed by atoms with Gasteiger partial charge in [-0.25, -0.2) is 14.4 Å². The molecular weight excluding hydrogens is 379 g/mol. The Kier molecular flexibility index (Phi) is 5.61. The van der Waals surface area contributed by atoms with Crippen molar-refractivity contribution in [2.45, 2.75) is 26.2 Å². The molecule has 1 amide bonds. The number of carbonyl (C=O) groups is 1. The number of nitrogens with zero attached hydrogens (tertiary/aromatic N) is 2. The molecule has 144 valence electrons. The Balaban J connectivity index is 1.80. The molecular formula is C21H20ClFN4O. The minimum atomic E-state index is -0.515. The molecule has 1 aromatic heterocycles. The predicted octanol–water partition coefficient (Wildman–Crippen LogP) is 5.56. The molecule has 0 bridgehead atoms. The molecule has 2 aromatic carbocycles. The first kappa shape index (κ1) is 19.8. The van der Waals surface area contributed by atoms with Crippen molar-refractivity contribution < 1.29 is 9.18 Å². The molecule has 0 unspecified atom stereocenters. The zero-order valence-corrected chi connectivity index (χ0v) is 16.5. The van der Waals surface area contributed by atoms with Gasteiger partial charge in [-0.15, -0.1) is 0 Å². The van der Waals surface area contributed by atoms with Gasteiger partial charge >= 0.3 is 0 Å². The van der Waals surface area contributed by atoms with Crippen molar-refractivity contribution in [3.63, 3.8) is 0 Å². The van der Waals surface area contributed by atoms with E-state index in [1.165, 1.54) is 30.5 Å². The van der Waals surface area contributed by atoms with Crippen molar-refractivity contribution in [1.82, 2.24) is 9.97 Å². The molecule has 0 aliphatic heterocycles. The maximum absolute atomic E-state index is 13.3. The van der Waals surface area contributed by atoms with E-state index < -0.39 is 5.82 Å². The van der Waals surface area contributed by atoms with Crippen LogP contribution >= 0.6 is 11.6 Å². The van der Waals surface area contributed by atoms with Gasteiger partial charge < -0.3 is 10.6 Å². The van der Waals surface area contributed by atoms with Crippen LogP contribution in [0.2, 0.25) is 5.02 Å². The topological polar surface area (TPSA) is 66.9 Å². The van der Waals surface area contributed by atoms with Crippen LogP contribution in [0.4, 0.5) is 21.7 Å². The molecule has 0 fully saturated rings. The Morgan fingerprint density at radius 1 is 1.11 bits per heavy atom. The van der Waals surface area contributed by atoms with Gasteiger partial charge in [-0.05, 0) is 41.3 Å². The molecule has 0 saturated carbocycles. The maximum Gasteiger partial charge on any atom is 0.274 e. The van der Waals surface area contributed by atoms with Crippen molar-refractivity contribution in [3.05, 3.63) is 76.8 Å². The highest BCUT2D eigenvalue weighted by Crippen LogP contribution is 2.29. The summed E-state index contributed by atoms with van der Waals surface area (Å²) in [6, 6.07) is 13.4. The fraction of sp³-hybridized carbons (Fsp3) is 0.190. The SMILES string of the molecule is CC(C)(C)c1ccccc1NC(=O)c1ccnc(Nc2ccc(F)c(Cl)c2)n1. The van der Waals surface area contributed by atoms with Gasteiger partial charge in [0.1, 0.15) is 11.5 Å². The molecule has 7 heteroatoms. The molecule has 0 aliphatic carbocycles. The van der Waals surface area contributed by atoms with E-state index in [4.69, 9.17) is 11.6 Å². The molecule has 0 atom stereocenters. The molecule has 0 spiro atoms. The van der Waals surface area contributed by atoms with Gasteiger partial charge in [0, 0.05) is 17.6 Å². The quantitative estimate of drug-likeness (QED) is 0.603. The summed E-state index contributed by atoms with van der Waals surface area (Å²) >= 11 is 5.78. The first-order chi connectivity index (χ1) is 13.2. The summed E-state index contributed by atoms with van der Waals surface area (Å²) < 4.78 is 13.3. The van der Waals surface area contributed by atoms with Crippen LogP contribution in [-0.2, 0) is 5.41 Å². The zero-order chi connectivity index (χ0) is 20.3. The number of nitrogens with one attached hydrogen (secondary N) is 2. The third-order valence-corrected chi connectivity index (χ3v) is 4.34. The third kappa shape index (κ3) is 4.64. The van der Waals surface area contributed by atoms with Crippen LogP contribution in [0.25, 0.3) is 0 Å². The first-order valence-electron chi connectivity index (χ1n) is 8.70. The molecule has 2 N–H and O–H groups in total. The van der Waals surface area contributed by atoms with Gasteiger partial charge in [0.25, 0.3) is 5.91 Å². The van der Waals surface area contributed by atoms with Gasteiger partial charge in [0.15, 0.2) is 0 Å². The van der Waals surface area contributed by atoms with E-state index in [1.54, 1.807) is 0 Å². The highest BCUT2D eigenvalue weighted by molar-refractivity contribution is 6.31. The Hall–Kier alpha value is -2.99. The Morgan fingerprint density at radius 3 is 2.57 bits per heavy atom. The van der Waals surface area contributed by atoms with Crippen LogP contribution in [0.3, 0.4) is 0 Å². The summed E-state index contributed by atoms with van der Waals surface area (Å²) in [5.74, 6) is -0.655. The van der Waals surface area contributed by atoms with E-state index in [9.17, 15) is 9.18 Å². The Labute approximate surface area is 168 Å². The van der Waals surface area contributed by atoms with Crippen molar-refractivity contribution in [1.29, 1.82) is 0 Å². The zero-order valence-electron chi connectivity index (χ0n) is 15.8. The van der Waals surface area contributed by atoms with Gasteiger partial charge in [0.2, 0.25) is 5.95 Å². The molecule has 3 rings (SSSR count). The number of aromatic nitrogens is 2. The highest BCUT2D eigenvalue weighted by Gasteiger charge is 2.19. The number of benzene rings is 2. The minimum absolute atomic E-state index is 0.0160. The largest absolute Gasteiger partial charge is 0.324 e. The van der Waals surface area contributed by atoms with Crippen LogP contribution in [0, 0.1) is 5.82 Å². The van der Waals surface area contributed by atoms with E-state index in [2.05, 4.69) is 41.4 Å². The second kappa shape index (κ2) is 7.94. The lowest BCUT2D eigenvalue weighted by Crippen LogP contribution is -2.19. The van der Waals surface area contributed by atoms with E-state index in [0.29, 0.717) is 5.69 Å². The van der Waals surface area contributed by atoms with Gasteiger partial charge in [0.05, 0.1) is 5.02 Å². The Bertz CT molecular complexity index is 1020. The number of halogens is 2. The lowest BCUT2D eigenvalue weighted by molar-refractivity contribution is 0.102. The maximum atomic E-state index is 13.3. The summed E-state index contributed by atoms with van der Waals surface area (Å²) in [5, 5.41) is 5.81. The van der Waals surface area contributed by atoms with Crippen LogP contribution in [0.15, 0.2) is 54.7 Å². The summed E-state index contributed by atoms with van der Waals surface area (Å²) in [6.07, 6.45) is 1.48. The number of hydrogen-bond donors (Lipinski definition) is 2.